The van der Waals surface area contributed by atoms with E-state index in [-0.39, 0.29) is 66.4 Å². The first kappa shape index (κ1) is 40.2. The predicted molar refractivity (Wildman–Crippen MR) is 214 cm³/mol. The number of pyridine rings is 1. The lowest BCUT2D eigenvalue weighted by atomic mass is 9.79. The summed E-state index contributed by atoms with van der Waals surface area (Å²) in [6.45, 7) is 11.6. The summed E-state index contributed by atoms with van der Waals surface area (Å²) >= 11 is 0. The standard InChI is InChI=1S/C43H58N4O8S/c1-26-9-7-8-10-28-22-43(28,41(51)45-56(52,53)31-11-12-31)24-37(49)36-21-30(25-47(36)40(50)34(27(2)19-26)20-29(48)23-42(3,4)5)55-39-33-13-14-35-38(32(33)15-16-44-39)54-18-17-46(35)6/h8,10,13-16,26-28,30-31,34,36H,7,9,11-12,17-25H2,1-6H3,(H,45,51)/b10-8-/t26-,27+,28+,30+,34+,36-,43+/m0/s1. The molecule has 56 heavy (non-hydrogen) atoms. The van der Waals surface area contributed by atoms with E-state index in [1.807, 2.05) is 65.1 Å². The maximum absolute atomic E-state index is 15.0. The second-order valence-corrected chi connectivity index (χ2v) is 20.5. The average Bonchev–Trinajstić information content (AvgIpc) is 4.05. The van der Waals surface area contributed by atoms with E-state index in [4.69, 9.17) is 9.47 Å². The number of benzene rings is 1. The molecule has 13 heteroatoms. The maximum atomic E-state index is 15.0. The van der Waals surface area contributed by atoms with E-state index < -0.39 is 44.7 Å². The number of anilines is 1. The van der Waals surface area contributed by atoms with E-state index in [1.54, 1.807) is 11.1 Å². The third-order valence-corrected chi connectivity index (χ3v) is 14.4. The predicted octanol–water partition coefficient (Wildman–Crippen LogP) is 6.01. The smallest absolute Gasteiger partial charge is 0.240 e. The largest absolute Gasteiger partial charge is 0.489 e. The second-order valence-electron chi connectivity index (χ2n) is 18.6. The van der Waals surface area contributed by atoms with Crippen molar-refractivity contribution in [3.63, 3.8) is 0 Å². The van der Waals surface area contributed by atoms with Crippen LogP contribution >= 0.6 is 0 Å². The molecule has 1 aromatic carbocycles. The number of carbonyl (C=O) groups is 4. The van der Waals surface area contributed by atoms with Crippen molar-refractivity contribution in [3.8, 4) is 11.6 Å². The Morgan fingerprint density at radius 1 is 1.07 bits per heavy atom. The number of nitrogens with one attached hydrogen (secondary N) is 1. The SMILES string of the molecule is C[C@H]1CC/C=C\[C@@H]2C[C@@]2(C(=O)NS(=O)(=O)C2CC2)CC(=O)[C@@H]2C[C@@H](Oc3nccc4c5c(ccc34)N(C)CCO5)CN2C(=O)[C@H](CC(=O)CC(C)(C)C)[C@H](C)C1. The summed E-state index contributed by atoms with van der Waals surface area (Å²) in [5, 5.41) is 1.01. The van der Waals surface area contributed by atoms with Gasteiger partial charge in [0.1, 0.15) is 18.5 Å². The summed E-state index contributed by atoms with van der Waals surface area (Å²) in [7, 11) is -1.82. The van der Waals surface area contributed by atoms with Gasteiger partial charge in [0.2, 0.25) is 27.7 Å². The van der Waals surface area contributed by atoms with Crippen molar-refractivity contribution < 1.29 is 37.1 Å². The third-order valence-electron chi connectivity index (χ3n) is 12.5. The molecule has 0 radical (unpaired) electrons. The Morgan fingerprint density at radius 2 is 1.84 bits per heavy atom. The van der Waals surface area contributed by atoms with E-state index in [1.165, 1.54) is 0 Å². The van der Waals surface area contributed by atoms with Crippen molar-refractivity contribution in [1.82, 2.24) is 14.6 Å². The second kappa shape index (κ2) is 15.4. The minimum atomic E-state index is -3.84. The summed E-state index contributed by atoms with van der Waals surface area (Å²) in [6.07, 6.45) is 9.12. The lowest BCUT2D eigenvalue weighted by Crippen LogP contribution is -2.47. The quantitative estimate of drug-likeness (QED) is 0.315. The van der Waals surface area contributed by atoms with Gasteiger partial charge < -0.3 is 19.3 Å². The summed E-state index contributed by atoms with van der Waals surface area (Å²) in [4.78, 5) is 65.4. The number of sulfonamides is 1. The number of hydrogen-bond donors (Lipinski definition) is 1. The molecular formula is C43H58N4O8S. The van der Waals surface area contributed by atoms with E-state index >= 15 is 0 Å². The zero-order chi connectivity index (χ0) is 40.2. The molecule has 1 saturated heterocycles. The molecule has 2 saturated carbocycles. The number of rotatable bonds is 8. The maximum Gasteiger partial charge on any atom is 0.240 e. The molecule has 1 aromatic heterocycles. The van der Waals surface area contributed by atoms with Crippen LogP contribution in [0.3, 0.4) is 0 Å². The number of carbonyl (C=O) groups excluding carboxylic acids is 4. The first-order valence-corrected chi connectivity index (χ1v) is 22.0. The zero-order valence-corrected chi connectivity index (χ0v) is 34.5. The van der Waals surface area contributed by atoms with Gasteiger partial charge in [-0.1, -0.05) is 46.8 Å². The van der Waals surface area contributed by atoms with Gasteiger partial charge in [-0.3, -0.25) is 23.9 Å². The number of ketones is 2. The van der Waals surface area contributed by atoms with E-state index in [2.05, 4.69) is 21.5 Å². The van der Waals surface area contributed by atoms with Gasteiger partial charge in [-0.25, -0.2) is 13.4 Å². The van der Waals surface area contributed by atoms with Gasteiger partial charge in [0.05, 0.1) is 35.5 Å². The van der Waals surface area contributed by atoms with Gasteiger partial charge >= 0.3 is 0 Å². The highest BCUT2D eigenvalue weighted by Crippen LogP contribution is 2.57. The number of hydrogen-bond acceptors (Lipinski definition) is 10. The molecule has 0 spiro atoms. The Labute approximate surface area is 331 Å². The van der Waals surface area contributed by atoms with Crippen LogP contribution in [0.4, 0.5) is 5.69 Å². The van der Waals surface area contributed by atoms with Gasteiger partial charge in [-0.15, -0.1) is 0 Å². The molecule has 304 valence electrons. The normalized spacial score (nSPS) is 30.6. The molecule has 2 aliphatic carbocycles. The molecule has 12 nitrogen and oxygen atoms in total. The van der Waals surface area contributed by atoms with Crippen LogP contribution in [-0.4, -0.2) is 85.8 Å². The molecule has 2 amide bonds. The molecule has 3 fully saturated rings. The van der Waals surface area contributed by atoms with Crippen molar-refractivity contribution in [2.75, 3.05) is 31.6 Å². The topological polar surface area (TPSA) is 152 Å². The molecule has 0 bridgehead atoms. The third kappa shape index (κ3) is 8.48. The number of Topliss-reactive ketones (excluding diaryl/α,β-unsaturated/α-hetero) is 2. The van der Waals surface area contributed by atoms with Crippen LogP contribution in [-0.2, 0) is 29.2 Å². The fraction of sp³-hybridized carbons (Fsp3) is 0.651. The van der Waals surface area contributed by atoms with Crippen LogP contribution < -0.4 is 19.1 Å². The molecule has 4 heterocycles. The minimum Gasteiger partial charge on any atom is -0.489 e. The average molecular weight is 791 g/mol. The monoisotopic (exact) mass is 790 g/mol. The fourth-order valence-electron chi connectivity index (χ4n) is 9.19. The molecule has 7 rings (SSSR count). The zero-order valence-electron chi connectivity index (χ0n) is 33.7. The van der Waals surface area contributed by atoms with Crippen molar-refractivity contribution in [1.29, 1.82) is 0 Å². The molecule has 5 aliphatic rings. The van der Waals surface area contributed by atoms with Crippen LogP contribution in [0.15, 0.2) is 36.5 Å². The Morgan fingerprint density at radius 3 is 2.57 bits per heavy atom. The van der Waals surface area contributed by atoms with Gasteiger partial charge in [-0.2, -0.15) is 0 Å². The molecular weight excluding hydrogens is 733 g/mol. The van der Waals surface area contributed by atoms with E-state index in [9.17, 15) is 27.6 Å². The van der Waals surface area contributed by atoms with Crippen molar-refractivity contribution in [3.05, 3.63) is 36.5 Å². The molecule has 7 atom stereocenters. The van der Waals surface area contributed by atoms with Crippen molar-refractivity contribution in [2.45, 2.75) is 116 Å². The van der Waals surface area contributed by atoms with Gasteiger partial charge in [0, 0.05) is 55.6 Å². The Bertz CT molecular complexity index is 2020. The molecule has 1 N–H and O–H groups in total. The highest BCUT2D eigenvalue weighted by molar-refractivity contribution is 7.90. The number of aromatic nitrogens is 1. The minimum absolute atomic E-state index is 0.00976. The van der Waals surface area contributed by atoms with Gasteiger partial charge in [-0.05, 0) is 79.9 Å². The van der Waals surface area contributed by atoms with Crippen molar-refractivity contribution in [2.24, 2.45) is 34.5 Å². The summed E-state index contributed by atoms with van der Waals surface area (Å²) in [6, 6.07) is 4.89. The number of amides is 2. The lowest BCUT2D eigenvalue weighted by Gasteiger charge is -2.32. The van der Waals surface area contributed by atoms with Crippen LogP contribution in [0, 0.1) is 34.5 Å². The number of ether oxygens (including phenoxy) is 2. The summed E-state index contributed by atoms with van der Waals surface area (Å²) in [5.41, 5.74) is -0.509. The van der Waals surface area contributed by atoms with Crippen LogP contribution in [0.2, 0.25) is 0 Å². The van der Waals surface area contributed by atoms with Gasteiger partial charge in [0.15, 0.2) is 11.5 Å². The van der Waals surface area contributed by atoms with Crippen LogP contribution in [0.5, 0.6) is 11.6 Å². The van der Waals surface area contributed by atoms with E-state index in [0.717, 1.165) is 48.0 Å². The van der Waals surface area contributed by atoms with Crippen LogP contribution in [0.1, 0.15) is 98.8 Å². The highest BCUT2D eigenvalue weighted by Gasteiger charge is 2.61. The van der Waals surface area contributed by atoms with Crippen molar-refractivity contribution >= 4 is 49.9 Å². The van der Waals surface area contributed by atoms with Crippen LogP contribution in [0.25, 0.3) is 10.8 Å². The Kier molecular flexibility index (Phi) is 11.1. The molecule has 2 aromatic rings. The first-order valence-electron chi connectivity index (χ1n) is 20.5. The number of allylic oxidation sites excluding steroid dienone is 2. The summed E-state index contributed by atoms with van der Waals surface area (Å²) < 4.78 is 40.9. The molecule has 0 unspecified atom stereocenters. The fourth-order valence-corrected chi connectivity index (χ4v) is 10.6. The van der Waals surface area contributed by atoms with Gasteiger partial charge in [0.25, 0.3) is 0 Å². The van der Waals surface area contributed by atoms with E-state index in [0.29, 0.717) is 38.2 Å². The lowest BCUT2D eigenvalue weighted by molar-refractivity contribution is -0.145. The summed E-state index contributed by atoms with van der Waals surface area (Å²) in [5.74, 6) is -0.924. The molecule has 3 aliphatic heterocycles. The number of nitrogens with zero attached hydrogens (tertiary/aromatic N) is 3. The Balaban J connectivity index is 1.22. The number of fused-ring (bicyclic) bond motifs is 5. The first-order chi connectivity index (χ1) is 26.5. The highest BCUT2D eigenvalue weighted by atomic mass is 32.2. The Hall–Kier alpha value is -4.00. The number of likely N-dealkylation sites (N-methyl/N-ethyl adjacent to an activating group) is 1.